The van der Waals surface area contributed by atoms with Crippen LogP contribution in [0.25, 0.3) is 0 Å². The second-order valence-corrected chi connectivity index (χ2v) is 4.52. The summed E-state index contributed by atoms with van der Waals surface area (Å²) in [6.07, 6.45) is -2.59. The average Bonchev–Trinajstić information content (AvgIpc) is 2.39. The predicted molar refractivity (Wildman–Crippen MR) is 66.3 cm³/mol. The summed E-state index contributed by atoms with van der Waals surface area (Å²) in [5.41, 5.74) is 0.292. The number of ether oxygens (including phenoxy) is 1. The maximum atomic E-state index is 13.3. The number of piperazine rings is 1. The molecule has 3 nitrogen and oxygen atoms in total. The third-order valence-corrected chi connectivity index (χ3v) is 3.21. The molecule has 1 aromatic carbocycles. The highest BCUT2D eigenvalue weighted by molar-refractivity contribution is 5.31. The summed E-state index contributed by atoms with van der Waals surface area (Å²) in [6, 6.07) is 4.45. The van der Waals surface area contributed by atoms with Crippen LogP contribution in [0.15, 0.2) is 24.3 Å². The lowest BCUT2D eigenvalue weighted by Crippen LogP contribution is -2.46. The number of nitrogens with one attached hydrogen (secondary N) is 1. The molecule has 20 heavy (non-hydrogen) atoms. The zero-order valence-electron chi connectivity index (χ0n) is 10.7. The summed E-state index contributed by atoms with van der Waals surface area (Å²) in [4.78, 5) is 1.66. The number of alkyl halides is 4. The normalized spacial score (nSPS) is 18.5. The van der Waals surface area contributed by atoms with E-state index in [4.69, 9.17) is 0 Å². The van der Waals surface area contributed by atoms with Crippen molar-refractivity contribution in [3.63, 3.8) is 0 Å². The second-order valence-electron chi connectivity index (χ2n) is 4.52. The number of halogens is 4. The monoisotopic (exact) mass is 292 g/mol. The van der Waals surface area contributed by atoms with E-state index < -0.39 is 19.1 Å². The summed E-state index contributed by atoms with van der Waals surface area (Å²) in [7, 11) is 0. The SMILES string of the molecule is FC(F)Oc1cccc([C@@H](C(F)F)N2CCNCC2)c1. The third-order valence-electron chi connectivity index (χ3n) is 3.21. The van der Waals surface area contributed by atoms with Gasteiger partial charge >= 0.3 is 6.61 Å². The van der Waals surface area contributed by atoms with Gasteiger partial charge in [-0.3, -0.25) is 4.90 Å². The van der Waals surface area contributed by atoms with Crippen molar-refractivity contribution in [1.82, 2.24) is 10.2 Å². The fourth-order valence-corrected chi connectivity index (χ4v) is 2.35. The van der Waals surface area contributed by atoms with Crippen molar-refractivity contribution in [2.45, 2.75) is 19.1 Å². The molecule has 1 aliphatic heterocycles. The molecule has 0 aliphatic carbocycles. The summed E-state index contributed by atoms with van der Waals surface area (Å²) in [5.74, 6) is -0.0988. The van der Waals surface area contributed by atoms with E-state index in [-0.39, 0.29) is 5.75 Å². The Morgan fingerprint density at radius 3 is 2.40 bits per heavy atom. The Kier molecular flexibility index (Phi) is 5.19. The lowest BCUT2D eigenvalue weighted by Gasteiger charge is -2.34. The quantitative estimate of drug-likeness (QED) is 0.844. The first kappa shape index (κ1) is 15.1. The lowest BCUT2D eigenvalue weighted by atomic mass is 10.0. The van der Waals surface area contributed by atoms with Gasteiger partial charge in [0, 0.05) is 26.2 Å². The maximum absolute atomic E-state index is 13.3. The maximum Gasteiger partial charge on any atom is 0.387 e. The van der Waals surface area contributed by atoms with E-state index in [0.717, 1.165) is 0 Å². The fourth-order valence-electron chi connectivity index (χ4n) is 2.35. The Hall–Kier alpha value is -1.34. The Morgan fingerprint density at radius 1 is 1.10 bits per heavy atom. The van der Waals surface area contributed by atoms with E-state index in [2.05, 4.69) is 10.1 Å². The van der Waals surface area contributed by atoms with Gasteiger partial charge < -0.3 is 10.1 Å². The summed E-state index contributed by atoms with van der Waals surface area (Å²) in [5, 5.41) is 3.09. The minimum absolute atomic E-state index is 0.0988. The van der Waals surface area contributed by atoms with Crippen molar-refractivity contribution in [2.75, 3.05) is 26.2 Å². The molecule has 1 aliphatic rings. The Labute approximate surface area is 114 Å². The number of benzene rings is 1. The van der Waals surface area contributed by atoms with Gasteiger partial charge in [-0.1, -0.05) is 12.1 Å². The van der Waals surface area contributed by atoms with Crippen molar-refractivity contribution in [2.24, 2.45) is 0 Å². The molecule has 1 saturated heterocycles. The van der Waals surface area contributed by atoms with Gasteiger partial charge in [-0.15, -0.1) is 0 Å². The molecule has 0 radical (unpaired) electrons. The summed E-state index contributed by atoms with van der Waals surface area (Å²) >= 11 is 0. The Morgan fingerprint density at radius 2 is 1.80 bits per heavy atom. The molecule has 7 heteroatoms. The molecule has 0 saturated carbocycles. The van der Waals surface area contributed by atoms with Gasteiger partial charge in [0.1, 0.15) is 5.75 Å². The molecule has 1 aromatic rings. The zero-order valence-corrected chi connectivity index (χ0v) is 10.7. The summed E-state index contributed by atoms with van der Waals surface area (Å²) in [6.45, 7) is -0.703. The number of nitrogens with zero attached hydrogens (tertiary/aromatic N) is 1. The van der Waals surface area contributed by atoms with Crippen molar-refractivity contribution >= 4 is 0 Å². The highest BCUT2D eigenvalue weighted by Crippen LogP contribution is 2.30. The first-order valence-corrected chi connectivity index (χ1v) is 6.35. The molecule has 0 unspecified atom stereocenters. The largest absolute Gasteiger partial charge is 0.435 e. The molecule has 0 amide bonds. The topological polar surface area (TPSA) is 24.5 Å². The van der Waals surface area contributed by atoms with Crippen LogP contribution < -0.4 is 10.1 Å². The van der Waals surface area contributed by atoms with Gasteiger partial charge in [-0.25, -0.2) is 8.78 Å². The molecule has 0 bridgehead atoms. The number of hydrogen-bond acceptors (Lipinski definition) is 3. The molecule has 0 aromatic heterocycles. The van der Waals surface area contributed by atoms with Crippen LogP contribution in [0.3, 0.4) is 0 Å². The molecule has 1 fully saturated rings. The molecular weight excluding hydrogens is 276 g/mol. The van der Waals surface area contributed by atoms with Crippen molar-refractivity contribution in [1.29, 1.82) is 0 Å². The molecule has 0 spiro atoms. The van der Waals surface area contributed by atoms with E-state index in [1.54, 1.807) is 4.90 Å². The minimum atomic E-state index is -2.96. The first-order valence-electron chi connectivity index (χ1n) is 6.35. The van der Waals surface area contributed by atoms with E-state index in [1.807, 2.05) is 0 Å². The highest BCUT2D eigenvalue weighted by Gasteiger charge is 2.30. The van der Waals surface area contributed by atoms with Crippen LogP contribution in [-0.2, 0) is 0 Å². The lowest BCUT2D eigenvalue weighted by molar-refractivity contribution is -0.0500. The van der Waals surface area contributed by atoms with Crippen LogP contribution in [0, 0.1) is 0 Å². The van der Waals surface area contributed by atoms with Crippen LogP contribution in [0.5, 0.6) is 5.75 Å². The van der Waals surface area contributed by atoms with Crippen LogP contribution in [-0.4, -0.2) is 44.1 Å². The summed E-state index contributed by atoms with van der Waals surface area (Å²) < 4.78 is 55.2. The molecular formula is C13H16F4N2O. The van der Waals surface area contributed by atoms with E-state index in [1.165, 1.54) is 24.3 Å². The van der Waals surface area contributed by atoms with E-state index in [0.29, 0.717) is 31.7 Å². The standard InChI is InChI=1S/C13H16F4N2O/c14-12(15)11(19-6-4-18-5-7-19)9-2-1-3-10(8-9)20-13(16)17/h1-3,8,11-13,18H,4-7H2/t11-/m0/s1. The van der Waals surface area contributed by atoms with Gasteiger partial charge in [0.05, 0.1) is 6.04 Å². The smallest absolute Gasteiger partial charge is 0.387 e. The minimum Gasteiger partial charge on any atom is -0.435 e. The number of rotatable bonds is 5. The van der Waals surface area contributed by atoms with Crippen molar-refractivity contribution < 1.29 is 22.3 Å². The molecule has 1 N–H and O–H groups in total. The average molecular weight is 292 g/mol. The van der Waals surface area contributed by atoms with Gasteiger partial charge in [0.15, 0.2) is 0 Å². The van der Waals surface area contributed by atoms with Crippen molar-refractivity contribution in [3.8, 4) is 5.75 Å². The van der Waals surface area contributed by atoms with Crippen LogP contribution >= 0.6 is 0 Å². The zero-order chi connectivity index (χ0) is 14.5. The van der Waals surface area contributed by atoms with Gasteiger partial charge in [0.25, 0.3) is 6.43 Å². The third kappa shape index (κ3) is 3.83. The van der Waals surface area contributed by atoms with Gasteiger partial charge in [-0.05, 0) is 17.7 Å². The Bertz CT molecular complexity index is 425. The van der Waals surface area contributed by atoms with E-state index in [9.17, 15) is 17.6 Å². The fraction of sp³-hybridized carbons (Fsp3) is 0.538. The first-order chi connectivity index (χ1) is 9.58. The molecule has 1 heterocycles. The highest BCUT2D eigenvalue weighted by atomic mass is 19.3. The molecule has 112 valence electrons. The van der Waals surface area contributed by atoms with Crippen LogP contribution in [0.4, 0.5) is 17.6 Å². The van der Waals surface area contributed by atoms with Gasteiger partial charge in [-0.2, -0.15) is 8.78 Å². The van der Waals surface area contributed by atoms with Crippen LogP contribution in [0.2, 0.25) is 0 Å². The number of hydrogen-bond donors (Lipinski definition) is 1. The van der Waals surface area contributed by atoms with Crippen molar-refractivity contribution in [3.05, 3.63) is 29.8 Å². The molecule has 2 rings (SSSR count). The Balaban J connectivity index is 2.20. The van der Waals surface area contributed by atoms with Gasteiger partial charge in [0.2, 0.25) is 0 Å². The predicted octanol–water partition coefficient (Wildman–Crippen LogP) is 2.50. The van der Waals surface area contributed by atoms with Crippen LogP contribution in [0.1, 0.15) is 11.6 Å². The van der Waals surface area contributed by atoms with E-state index >= 15 is 0 Å². The molecule has 1 atom stereocenters. The second kappa shape index (κ2) is 6.90.